The minimum absolute atomic E-state index is 1.07. The topological polar surface area (TPSA) is 11.4 Å². The molecule has 0 aliphatic rings. The molecule has 65 heavy (non-hydrogen) atoms. The van der Waals surface area contributed by atoms with Crippen LogP contribution in [0.2, 0.25) is 0 Å². The summed E-state index contributed by atoms with van der Waals surface area (Å²) in [5.41, 5.74) is 12.4. The number of para-hydroxylation sites is 3. The number of rotatable bonds is 8. The average molecular weight is 866 g/mol. The standard InChI is InChI=1S/C60H39N3S2/c1-3-16-42(17-4-1)61(47-30-33-59-53(38-47)51-24-8-11-27-57(51)64-59)45-21-14-22-46(37-45)62(48-31-34-60-54(39-48)52-25-9-12-28-58(52)65-60)44-20-13-15-40(35-44)41-29-32-50-49-23-7-10-26-55(49)63(56(50)36-41)43-18-5-2-6-19-43/h1-39H. The summed E-state index contributed by atoms with van der Waals surface area (Å²) in [6, 6.07) is 86.5. The summed E-state index contributed by atoms with van der Waals surface area (Å²) in [5.74, 6) is 0. The third kappa shape index (κ3) is 6.39. The van der Waals surface area contributed by atoms with Gasteiger partial charge >= 0.3 is 0 Å². The quantitative estimate of drug-likeness (QED) is 0.151. The number of nitrogens with zero attached hydrogens (tertiary/aromatic N) is 3. The summed E-state index contributed by atoms with van der Waals surface area (Å²) in [7, 11) is 0. The van der Waals surface area contributed by atoms with E-state index >= 15 is 0 Å². The van der Waals surface area contributed by atoms with Crippen LogP contribution in [0.5, 0.6) is 0 Å². The molecule has 0 spiro atoms. The Morgan fingerprint density at radius 2 is 0.723 bits per heavy atom. The second-order valence-corrected chi connectivity index (χ2v) is 18.7. The zero-order chi connectivity index (χ0) is 42.8. The Kier molecular flexibility index (Phi) is 8.90. The van der Waals surface area contributed by atoms with Crippen molar-refractivity contribution in [2.75, 3.05) is 9.80 Å². The fourth-order valence-corrected chi connectivity index (χ4v) is 12.0. The fourth-order valence-electron chi connectivity index (χ4n) is 9.78. The molecule has 0 saturated carbocycles. The van der Waals surface area contributed by atoms with Crippen LogP contribution in [0, 0.1) is 0 Å². The van der Waals surface area contributed by atoms with Gasteiger partial charge in [0.1, 0.15) is 0 Å². The molecule has 3 aromatic heterocycles. The predicted octanol–water partition coefficient (Wildman–Crippen LogP) is 18.1. The second kappa shape index (κ2) is 15.4. The third-order valence-corrected chi connectivity index (χ3v) is 15.0. The van der Waals surface area contributed by atoms with E-state index < -0.39 is 0 Å². The predicted molar refractivity (Wildman–Crippen MR) is 281 cm³/mol. The number of fused-ring (bicyclic) bond motifs is 9. The van der Waals surface area contributed by atoms with E-state index in [0.29, 0.717) is 0 Å². The maximum Gasteiger partial charge on any atom is 0.0547 e. The van der Waals surface area contributed by atoms with Gasteiger partial charge < -0.3 is 14.4 Å². The Bertz CT molecular complexity index is 3920. The van der Waals surface area contributed by atoms with E-state index in [1.54, 1.807) is 0 Å². The van der Waals surface area contributed by atoms with Gasteiger partial charge in [-0.15, -0.1) is 22.7 Å². The van der Waals surface area contributed by atoms with Crippen molar-refractivity contribution in [1.82, 2.24) is 4.57 Å². The van der Waals surface area contributed by atoms with Crippen LogP contribution in [0.15, 0.2) is 237 Å². The van der Waals surface area contributed by atoms with Crippen LogP contribution < -0.4 is 9.80 Å². The van der Waals surface area contributed by atoms with Gasteiger partial charge in [-0.1, -0.05) is 121 Å². The lowest BCUT2D eigenvalue weighted by molar-refractivity contribution is 1.18. The van der Waals surface area contributed by atoms with Crippen molar-refractivity contribution < 1.29 is 0 Å². The average Bonchev–Trinajstić information content (AvgIpc) is 4.04. The molecule has 13 aromatic rings. The largest absolute Gasteiger partial charge is 0.310 e. The molecule has 10 aromatic carbocycles. The molecule has 0 aliphatic carbocycles. The van der Waals surface area contributed by atoms with Crippen LogP contribution >= 0.6 is 22.7 Å². The van der Waals surface area contributed by atoms with Crippen molar-refractivity contribution in [3.63, 3.8) is 0 Å². The van der Waals surface area contributed by atoms with Crippen LogP contribution in [0.1, 0.15) is 0 Å². The van der Waals surface area contributed by atoms with Crippen LogP contribution in [0.4, 0.5) is 34.1 Å². The van der Waals surface area contributed by atoms with Crippen LogP contribution in [0.3, 0.4) is 0 Å². The zero-order valence-corrected chi connectivity index (χ0v) is 36.8. The van der Waals surface area contributed by atoms with Crippen LogP contribution in [0.25, 0.3) is 79.0 Å². The maximum absolute atomic E-state index is 2.43. The lowest BCUT2D eigenvalue weighted by atomic mass is 10.0. The van der Waals surface area contributed by atoms with E-state index in [-0.39, 0.29) is 0 Å². The number of thiophene rings is 2. The summed E-state index contributed by atoms with van der Waals surface area (Å²) in [4.78, 5) is 4.82. The van der Waals surface area contributed by atoms with E-state index in [2.05, 4.69) is 251 Å². The Morgan fingerprint density at radius 3 is 1.38 bits per heavy atom. The molecular weight excluding hydrogens is 827 g/mol. The van der Waals surface area contributed by atoms with E-state index in [0.717, 1.165) is 45.4 Å². The Morgan fingerprint density at radius 1 is 0.262 bits per heavy atom. The molecule has 3 nitrogen and oxygen atoms in total. The van der Waals surface area contributed by atoms with Gasteiger partial charge in [-0.2, -0.15) is 0 Å². The minimum Gasteiger partial charge on any atom is -0.310 e. The molecule has 0 bridgehead atoms. The van der Waals surface area contributed by atoms with Crippen molar-refractivity contribution >= 4 is 119 Å². The van der Waals surface area contributed by atoms with Gasteiger partial charge in [0, 0.05) is 90.9 Å². The number of benzene rings is 10. The molecule has 0 N–H and O–H groups in total. The monoisotopic (exact) mass is 865 g/mol. The highest BCUT2D eigenvalue weighted by Crippen LogP contribution is 2.45. The lowest BCUT2D eigenvalue weighted by Crippen LogP contribution is -2.13. The van der Waals surface area contributed by atoms with Gasteiger partial charge in [-0.05, 0) is 126 Å². The van der Waals surface area contributed by atoms with Crippen molar-refractivity contribution in [2.45, 2.75) is 0 Å². The zero-order valence-electron chi connectivity index (χ0n) is 35.2. The van der Waals surface area contributed by atoms with Crippen molar-refractivity contribution in [3.05, 3.63) is 237 Å². The molecule has 3 heterocycles. The van der Waals surface area contributed by atoms with Gasteiger partial charge in [0.25, 0.3) is 0 Å². The first-order valence-electron chi connectivity index (χ1n) is 22.0. The molecular formula is C60H39N3S2. The van der Waals surface area contributed by atoms with E-state index in [1.807, 2.05) is 22.7 Å². The van der Waals surface area contributed by atoms with Crippen LogP contribution in [-0.4, -0.2) is 4.57 Å². The molecule has 0 radical (unpaired) electrons. The summed E-state index contributed by atoms with van der Waals surface area (Å²) < 4.78 is 7.57. The van der Waals surface area contributed by atoms with Crippen molar-refractivity contribution in [3.8, 4) is 16.8 Å². The smallest absolute Gasteiger partial charge is 0.0547 e. The van der Waals surface area contributed by atoms with E-state index in [9.17, 15) is 0 Å². The normalized spacial score (nSPS) is 11.7. The fraction of sp³-hybridized carbons (Fsp3) is 0. The number of aromatic nitrogens is 1. The van der Waals surface area contributed by atoms with Gasteiger partial charge in [0.2, 0.25) is 0 Å². The summed E-state index contributed by atoms with van der Waals surface area (Å²) in [6.07, 6.45) is 0. The molecule has 0 aliphatic heterocycles. The minimum atomic E-state index is 1.07. The maximum atomic E-state index is 2.43. The Balaban J connectivity index is 0.989. The number of anilines is 6. The highest BCUT2D eigenvalue weighted by molar-refractivity contribution is 7.26. The lowest BCUT2D eigenvalue weighted by Gasteiger charge is -2.29. The molecule has 0 saturated heterocycles. The molecule has 306 valence electrons. The highest BCUT2D eigenvalue weighted by atomic mass is 32.1. The molecule has 5 heteroatoms. The number of hydrogen-bond acceptors (Lipinski definition) is 4. The first-order valence-corrected chi connectivity index (χ1v) is 23.6. The molecule has 13 rings (SSSR count). The Hall–Kier alpha value is -7.96. The van der Waals surface area contributed by atoms with Gasteiger partial charge in [0.15, 0.2) is 0 Å². The van der Waals surface area contributed by atoms with Gasteiger partial charge in [-0.25, -0.2) is 0 Å². The van der Waals surface area contributed by atoms with Gasteiger partial charge in [-0.3, -0.25) is 0 Å². The first-order chi connectivity index (χ1) is 32.2. The second-order valence-electron chi connectivity index (χ2n) is 16.6. The molecule has 0 atom stereocenters. The number of hydrogen-bond donors (Lipinski definition) is 0. The third-order valence-electron chi connectivity index (χ3n) is 12.7. The van der Waals surface area contributed by atoms with Crippen molar-refractivity contribution in [2.24, 2.45) is 0 Å². The summed E-state index contributed by atoms with van der Waals surface area (Å²) >= 11 is 3.70. The van der Waals surface area contributed by atoms with E-state index in [1.165, 1.54) is 67.7 Å². The summed E-state index contributed by atoms with van der Waals surface area (Å²) in [6.45, 7) is 0. The molecule has 0 fully saturated rings. The van der Waals surface area contributed by atoms with E-state index in [4.69, 9.17) is 0 Å². The SMILES string of the molecule is c1ccc(N(c2cccc(N(c3cccc(-c4ccc5c6ccccc6n(-c6ccccc6)c5c4)c3)c3ccc4sc5ccccc5c4c3)c2)c2ccc3sc4ccccc4c3c2)cc1. The van der Waals surface area contributed by atoms with Crippen LogP contribution in [-0.2, 0) is 0 Å². The van der Waals surface area contributed by atoms with Crippen molar-refractivity contribution in [1.29, 1.82) is 0 Å². The molecule has 0 unspecified atom stereocenters. The van der Waals surface area contributed by atoms with Gasteiger partial charge in [0.05, 0.1) is 11.0 Å². The highest BCUT2D eigenvalue weighted by Gasteiger charge is 2.21. The first kappa shape index (κ1) is 37.6. The summed E-state index contributed by atoms with van der Waals surface area (Å²) in [5, 5.41) is 7.61. The Labute approximate surface area is 384 Å². The molecule has 0 amide bonds.